The van der Waals surface area contributed by atoms with E-state index in [1.807, 2.05) is 45.9 Å². The van der Waals surface area contributed by atoms with Crippen molar-refractivity contribution < 1.29 is 14.3 Å². The lowest BCUT2D eigenvalue weighted by Gasteiger charge is -2.28. The van der Waals surface area contributed by atoms with Gasteiger partial charge in [0.2, 0.25) is 12.7 Å². The molecule has 0 aromatic heterocycles. The van der Waals surface area contributed by atoms with Crippen LogP contribution >= 0.6 is 0 Å². The van der Waals surface area contributed by atoms with Gasteiger partial charge in [0.05, 0.1) is 5.54 Å². The molecule has 1 aliphatic rings. The number of ether oxygens (including phenoxy) is 2. The predicted octanol–water partition coefficient (Wildman–Crippen LogP) is 2.81. The molecular formula is C15H21NO3. The van der Waals surface area contributed by atoms with E-state index in [4.69, 9.17) is 9.47 Å². The van der Waals surface area contributed by atoms with Crippen molar-refractivity contribution in [1.29, 1.82) is 0 Å². The van der Waals surface area contributed by atoms with E-state index >= 15 is 0 Å². The Morgan fingerprint density at radius 1 is 1.37 bits per heavy atom. The fourth-order valence-corrected chi connectivity index (χ4v) is 1.97. The van der Waals surface area contributed by atoms with Gasteiger partial charge in [-0.05, 0) is 38.0 Å². The third-order valence-electron chi connectivity index (χ3n) is 3.59. The molecular weight excluding hydrogens is 242 g/mol. The first kappa shape index (κ1) is 13.7. The monoisotopic (exact) mass is 263 g/mol. The molecule has 19 heavy (non-hydrogen) atoms. The minimum Gasteiger partial charge on any atom is -0.454 e. The zero-order valence-corrected chi connectivity index (χ0v) is 11.9. The Morgan fingerprint density at radius 3 is 2.74 bits per heavy atom. The van der Waals surface area contributed by atoms with Crippen LogP contribution in [0.2, 0.25) is 0 Å². The Morgan fingerprint density at radius 2 is 2.05 bits per heavy atom. The Balaban J connectivity index is 2.17. The molecule has 0 aliphatic carbocycles. The minimum absolute atomic E-state index is 0.0216. The summed E-state index contributed by atoms with van der Waals surface area (Å²) in [5.41, 5.74) is 0.579. The van der Waals surface area contributed by atoms with Crippen molar-refractivity contribution in [3.05, 3.63) is 23.8 Å². The first-order valence-corrected chi connectivity index (χ1v) is 6.66. The second kappa shape index (κ2) is 5.11. The van der Waals surface area contributed by atoms with Crippen LogP contribution in [-0.4, -0.2) is 12.7 Å². The largest absolute Gasteiger partial charge is 0.454 e. The highest BCUT2D eigenvalue weighted by Crippen LogP contribution is 2.35. The van der Waals surface area contributed by atoms with Crippen molar-refractivity contribution in [2.45, 2.75) is 39.7 Å². The standard InChI is InChI=1S/C15H21NO3/c1-5-10(2)14(17)16-15(3,4)11-6-7-12-13(8-11)19-9-18-12/h6-8,10H,5,9H2,1-4H3,(H,16,17)/t10-/m0/s1. The molecule has 1 aromatic rings. The van der Waals surface area contributed by atoms with E-state index < -0.39 is 5.54 Å². The molecule has 104 valence electrons. The number of hydrogen-bond acceptors (Lipinski definition) is 3. The molecule has 0 saturated carbocycles. The highest BCUT2D eigenvalue weighted by Gasteiger charge is 2.26. The van der Waals surface area contributed by atoms with Crippen LogP contribution in [0.4, 0.5) is 0 Å². The van der Waals surface area contributed by atoms with Crippen molar-refractivity contribution in [2.75, 3.05) is 6.79 Å². The van der Waals surface area contributed by atoms with Gasteiger partial charge in [0.15, 0.2) is 11.5 Å². The average molecular weight is 263 g/mol. The smallest absolute Gasteiger partial charge is 0.231 e. The summed E-state index contributed by atoms with van der Waals surface area (Å²) in [7, 11) is 0. The van der Waals surface area contributed by atoms with Crippen LogP contribution in [0.25, 0.3) is 0 Å². The van der Waals surface area contributed by atoms with Gasteiger partial charge in [-0.1, -0.05) is 19.9 Å². The molecule has 1 aliphatic heterocycles. The summed E-state index contributed by atoms with van der Waals surface area (Å²) < 4.78 is 10.7. The van der Waals surface area contributed by atoms with Crippen LogP contribution < -0.4 is 14.8 Å². The maximum Gasteiger partial charge on any atom is 0.231 e. The number of nitrogens with one attached hydrogen (secondary N) is 1. The van der Waals surface area contributed by atoms with Crippen LogP contribution in [0.3, 0.4) is 0 Å². The third-order valence-corrected chi connectivity index (χ3v) is 3.59. The molecule has 1 amide bonds. The van der Waals surface area contributed by atoms with Gasteiger partial charge < -0.3 is 14.8 Å². The number of carbonyl (C=O) groups is 1. The highest BCUT2D eigenvalue weighted by molar-refractivity contribution is 5.79. The third kappa shape index (κ3) is 2.83. The Bertz CT molecular complexity index is 482. The second-order valence-corrected chi connectivity index (χ2v) is 5.49. The lowest BCUT2D eigenvalue weighted by atomic mass is 9.92. The van der Waals surface area contributed by atoms with Crippen LogP contribution in [-0.2, 0) is 10.3 Å². The van der Waals surface area contributed by atoms with Crippen LogP contribution in [0.15, 0.2) is 18.2 Å². The predicted molar refractivity (Wildman–Crippen MR) is 73.2 cm³/mol. The fraction of sp³-hybridized carbons (Fsp3) is 0.533. The van der Waals surface area contributed by atoms with Crippen LogP contribution in [0.5, 0.6) is 11.5 Å². The van der Waals surface area contributed by atoms with Crippen molar-refractivity contribution in [3.8, 4) is 11.5 Å². The van der Waals surface area contributed by atoms with Crippen molar-refractivity contribution in [2.24, 2.45) is 5.92 Å². The number of carbonyl (C=O) groups excluding carboxylic acids is 1. The highest BCUT2D eigenvalue weighted by atomic mass is 16.7. The van der Waals surface area contributed by atoms with E-state index in [1.165, 1.54) is 0 Å². The van der Waals surface area contributed by atoms with Gasteiger partial charge in [0.1, 0.15) is 0 Å². The van der Waals surface area contributed by atoms with E-state index in [9.17, 15) is 4.79 Å². The van der Waals surface area contributed by atoms with Gasteiger partial charge >= 0.3 is 0 Å². The second-order valence-electron chi connectivity index (χ2n) is 5.49. The van der Waals surface area contributed by atoms with Crippen molar-refractivity contribution in [3.63, 3.8) is 0 Å². The molecule has 2 rings (SSSR count). The van der Waals surface area contributed by atoms with Gasteiger partial charge in [0, 0.05) is 5.92 Å². The zero-order valence-electron chi connectivity index (χ0n) is 11.9. The first-order valence-electron chi connectivity index (χ1n) is 6.66. The molecule has 4 heteroatoms. The van der Waals surface area contributed by atoms with E-state index in [-0.39, 0.29) is 18.6 Å². The Hall–Kier alpha value is -1.71. The number of fused-ring (bicyclic) bond motifs is 1. The molecule has 1 aromatic carbocycles. The molecule has 0 fully saturated rings. The molecule has 0 radical (unpaired) electrons. The van der Waals surface area contributed by atoms with Crippen molar-refractivity contribution >= 4 is 5.91 Å². The topological polar surface area (TPSA) is 47.6 Å². The Labute approximate surface area is 114 Å². The van der Waals surface area contributed by atoms with Crippen LogP contribution in [0.1, 0.15) is 39.7 Å². The summed E-state index contributed by atoms with van der Waals surface area (Å²) in [4.78, 5) is 12.0. The molecule has 0 saturated heterocycles. The molecule has 0 bridgehead atoms. The normalized spacial score (nSPS) is 15.2. The summed E-state index contributed by atoms with van der Waals surface area (Å²) in [6, 6.07) is 5.78. The van der Waals surface area contributed by atoms with E-state index in [1.54, 1.807) is 0 Å². The molecule has 0 unspecified atom stereocenters. The number of rotatable bonds is 4. The summed E-state index contributed by atoms with van der Waals surface area (Å²) in [6.45, 7) is 8.19. The molecule has 1 atom stereocenters. The summed E-state index contributed by atoms with van der Waals surface area (Å²) in [5, 5.41) is 3.08. The van der Waals surface area contributed by atoms with E-state index in [2.05, 4.69) is 5.32 Å². The van der Waals surface area contributed by atoms with Gasteiger partial charge in [-0.2, -0.15) is 0 Å². The molecule has 4 nitrogen and oxygen atoms in total. The number of hydrogen-bond donors (Lipinski definition) is 1. The summed E-state index contributed by atoms with van der Waals surface area (Å²) in [6.07, 6.45) is 0.836. The molecule has 0 spiro atoms. The lowest BCUT2D eigenvalue weighted by molar-refractivity contribution is -0.126. The maximum absolute atomic E-state index is 12.0. The van der Waals surface area contributed by atoms with Gasteiger partial charge in [-0.3, -0.25) is 4.79 Å². The minimum atomic E-state index is -0.429. The zero-order chi connectivity index (χ0) is 14.0. The Kier molecular flexibility index (Phi) is 3.69. The summed E-state index contributed by atoms with van der Waals surface area (Å²) in [5.74, 6) is 1.59. The quantitative estimate of drug-likeness (QED) is 0.908. The molecule has 1 heterocycles. The van der Waals surface area contributed by atoms with Gasteiger partial charge in [-0.25, -0.2) is 0 Å². The lowest BCUT2D eigenvalue weighted by Crippen LogP contribution is -2.43. The SMILES string of the molecule is CC[C@H](C)C(=O)NC(C)(C)c1ccc2c(c1)OCO2. The van der Waals surface area contributed by atoms with Crippen molar-refractivity contribution in [1.82, 2.24) is 5.32 Å². The van der Waals surface area contributed by atoms with Gasteiger partial charge in [-0.15, -0.1) is 0 Å². The summed E-state index contributed by atoms with van der Waals surface area (Å²) >= 11 is 0. The average Bonchev–Trinajstić information content (AvgIpc) is 2.84. The van der Waals surface area contributed by atoms with Gasteiger partial charge in [0.25, 0.3) is 0 Å². The van der Waals surface area contributed by atoms with E-state index in [0.29, 0.717) is 0 Å². The number of amides is 1. The fourth-order valence-electron chi connectivity index (χ4n) is 1.97. The first-order chi connectivity index (χ1) is 8.94. The van der Waals surface area contributed by atoms with E-state index in [0.717, 1.165) is 23.5 Å². The number of benzene rings is 1. The molecule has 1 N–H and O–H groups in total. The van der Waals surface area contributed by atoms with Crippen LogP contribution in [0, 0.1) is 5.92 Å². The maximum atomic E-state index is 12.0.